The van der Waals surface area contributed by atoms with Gasteiger partial charge in [0.25, 0.3) is 0 Å². The molecule has 2 fully saturated rings. The lowest BCUT2D eigenvalue weighted by Crippen LogP contribution is -2.34. The van der Waals surface area contributed by atoms with Gasteiger partial charge in [0, 0.05) is 43.1 Å². The van der Waals surface area contributed by atoms with Crippen molar-refractivity contribution < 1.29 is 0 Å². The zero-order valence-electron chi connectivity index (χ0n) is 14.3. The van der Waals surface area contributed by atoms with Gasteiger partial charge in [-0.2, -0.15) is 0 Å². The number of nitrogens with one attached hydrogen (secondary N) is 1. The molecule has 1 aromatic heterocycles. The van der Waals surface area contributed by atoms with E-state index in [1.807, 2.05) is 12.4 Å². The number of benzene rings is 1. The van der Waals surface area contributed by atoms with Crippen LogP contribution in [0.1, 0.15) is 37.2 Å². The molecule has 0 amide bonds. The Balaban J connectivity index is 1.15. The molecule has 1 saturated carbocycles. The average molecular weight is 321 g/mol. The molecule has 0 unspecified atom stereocenters. The quantitative estimate of drug-likeness (QED) is 0.876. The monoisotopic (exact) mass is 321 g/mol. The maximum atomic E-state index is 4.11. The van der Waals surface area contributed by atoms with Gasteiger partial charge in [0.05, 0.1) is 0 Å². The number of anilines is 1. The number of nitrogens with zero attached hydrogens (tertiary/aromatic N) is 2. The first-order valence-electron chi connectivity index (χ1n) is 9.33. The number of hydrogen-bond donors (Lipinski definition) is 1. The summed E-state index contributed by atoms with van der Waals surface area (Å²) in [7, 11) is 0. The third kappa shape index (κ3) is 3.78. The lowest BCUT2D eigenvalue weighted by Gasteiger charge is -2.33. The van der Waals surface area contributed by atoms with Crippen molar-refractivity contribution in [2.45, 2.75) is 37.6 Å². The summed E-state index contributed by atoms with van der Waals surface area (Å²) in [5.41, 5.74) is 2.82. The summed E-state index contributed by atoms with van der Waals surface area (Å²) in [5, 5.41) is 3.77. The molecule has 0 radical (unpaired) electrons. The molecule has 1 saturated heterocycles. The molecule has 1 aromatic carbocycles. The number of piperidine rings is 1. The van der Waals surface area contributed by atoms with Crippen LogP contribution < -0.4 is 10.2 Å². The summed E-state index contributed by atoms with van der Waals surface area (Å²) >= 11 is 0. The van der Waals surface area contributed by atoms with E-state index in [-0.39, 0.29) is 0 Å². The van der Waals surface area contributed by atoms with Crippen LogP contribution in [0.25, 0.3) is 0 Å². The first-order valence-corrected chi connectivity index (χ1v) is 9.33. The van der Waals surface area contributed by atoms with E-state index in [4.69, 9.17) is 0 Å². The van der Waals surface area contributed by atoms with Crippen molar-refractivity contribution in [3.05, 3.63) is 60.4 Å². The molecule has 0 spiro atoms. The molecule has 0 bridgehead atoms. The van der Waals surface area contributed by atoms with Gasteiger partial charge in [0.1, 0.15) is 0 Å². The highest BCUT2D eigenvalue weighted by atomic mass is 15.1. The molecule has 24 heavy (non-hydrogen) atoms. The van der Waals surface area contributed by atoms with Gasteiger partial charge in [-0.25, -0.2) is 0 Å². The molecular weight excluding hydrogens is 294 g/mol. The van der Waals surface area contributed by atoms with Crippen molar-refractivity contribution in [3.8, 4) is 0 Å². The second kappa shape index (κ2) is 7.35. The Morgan fingerprint density at radius 1 is 1.00 bits per heavy atom. The van der Waals surface area contributed by atoms with Crippen LogP contribution in [0.3, 0.4) is 0 Å². The largest absolute Gasteiger partial charge is 0.371 e. The molecule has 2 heterocycles. The van der Waals surface area contributed by atoms with E-state index in [0.717, 1.165) is 11.8 Å². The molecule has 126 valence electrons. The highest BCUT2D eigenvalue weighted by molar-refractivity contribution is 5.44. The topological polar surface area (TPSA) is 28.2 Å². The molecular formula is C21H27N3. The van der Waals surface area contributed by atoms with E-state index in [1.165, 1.54) is 56.6 Å². The molecule has 1 N–H and O–H groups in total. The minimum Gasteiger partial charge on any atom is -0.371 e. The maximum Gasteiger partial charge on any atom is 0.0397 e. The van der Waals surface area contributed by atoms with Gasteiger partial charge in [-0.05, 0) is 55.8 Å². The van der Waals surface area contributed by atoms with Crippen LogP contribution in [0.5, 0.6) is 0 Å². The highest BCUT2D eigenvalue weighted by Gasteiger charge is 2.37. The predicted octanol–water partition coefficient (Wildman–Crippen LogP) is 3.83. The van der Waals surface area contributed by atoms with Crippen LogP contribution in [0.4, 0.5) is 5.69 Å². The van der Waals surface area contributed by atoms with Crippen molar-refractivity contribution >= 4 is 5.69 Å². The molecule has 2 atom stereocenters. The van der Waals surface area contributed by atoms with Crippen molar-refractivity contribution in [3.63, 3.8) is 0 Å². The molecule has 1 aliphatic carbocycles. The summed E-state index contributed by atoms with van der Waals surface area (Å²) in [6.07, 6.45) is 9.05. The Hall–Kier alpha value is -1.87. The third-order valence-electron chi connectivity index (χ3n) is 5.62. The summed E-state index contributed by atoms with van der Waals surface area (Å²) in [4.78, 5) is 6.61. The Morgan fingerprint density at radius 3 is 2.50 bits per heavy atom. The Labute approximate surface area is 145 Å². The average Bonchev–Trinajstić information content (AvgIpc) is 3.43. The smallest absolute Gasteiger partial charge is 0.0397 e. The van der Waals surface area contributed by atoms with Crippen LogP contribution in [0.15, 0.2) is 54.9 Å². The molecule has 2 aromatic rings. The zero-order valence-corrected chi connectivity index (χ0v) is 14.3. The minimum absolute atomic E-state index is 0.712. The summed E-state index contributed by atoms with van der Waals surface area (Å²) in [6.45, 7) is 3.55. The normalized spacial score (nSPS) is 24.1. The number of rotatable bonds is 6. The number of pyridine rings is 1. The maximum absolute atomic E-state index is 4.11. The van der Waals surface area contributed by atoms with E-state index in [0.29, 0.717) is 6.04 Å². The van der Waals surface area contributed by atoms with Crippen LogP contribution in [-0.2, 0) is 0 Å². The molecule has 1 aliphatic heterocycles. The third-order valence-corrected chi connectivity index (χ3v) is 5.62. The van der Waals surface area contributed by atoms with E-state index >= 15 is 0 Å². The van der Waals surface area contributed by atoms with Crippen molar-refractivity contribution in [2.24, 2.45) is 5.92 Å². The van der Waals surface area contributed by atoms with E-state index in [9.17, 15) is 0 Å². The zero-order chi connectivity index (χ0) is 16.2. The fourth-order valence-electron chi connectivity index (χ4n) is 4.00. The van der Waals surface area contributed by atoms with Gasteiger partial charge in [-0.3, -0.25) is 4.98 Å². The highest BCUT2D eigenvalue weighted by Crippen LogP contribution is 2.40. The SMILES string of the molecule is c1ccc([C@@H]2C[C@H]2NCCC2CCN(c3ccncc3)CC2)cc1. The van der Waals surface area contributed by atoms with Crippen LogP contribution in [-0.4, -0.2) is 30.7 Å². The van der Waals surface area contributed by atoms with Crippen molar-refractivity contribution in [1.29, 1.82) is 0 Å². The van der Waals surface area contributed by atoms with Crippen molar-refractivity contribution in [2.75, 3.05) is 24.5 Å². The predicted molar refractivity (Wildman–Crippen MR) is 99.4 cm³/mol. The van der Waals surface area contributed by atoms with Gasteiger partial charge < -0.3 is 10.2 Å². The molecule has 3 nitrogen and oxygen atoms in total. The van der Waals surface area contributed by atoms with E-state index in [2.05, 4.69) is 57.7 Å². The Bertz CT molecular complexity index is 620. The molecule has 2 aliphatic rings. The van der Waals surface area contributed by atoms with Gasteiger partial charge >= 0.3 is 0 Å². The Kier molecular flexibility index (Phi) is 4.79. The lowest BCUT2D eigenvalue weighted by atomic mass is 9.93. The van der Waals surface area contributed by atoms with Gasteiger partial charge in [0.2, 0.25) is 0 Å². The van der Waals surface area contributed by atoms with Crippen LogP contribution in [0.2, 0.25) is 0 Å². The van der Waals surface area contributed by atoms with Crippen molar-refractivity contribution in [1.82, 2.24) is 10.3 Å². The Morgan fingerprint density at radius 2 is 1.75 bits per heavy atom. The van der Waals surface area contributed by atoms with Crippen LogP contribution in [0, 0.1) is 5.92 Å². The number of aromatic nitrogens is 1. The first kappa shape index (κ1) is 15.6. The second-order valence-corrected chi connectivity index (χ2v) is 7.24. The van der Waals surface area contributed by atoms with E-state index in [1.54, 1.807) is 0 Å². The summed E-state index contributed by atoms with van der Waals surface area (Å²) in [5.74, 6) is 1.63. The minimum atomic E-state index is 0.712. The molecule has 3 heteroatoms. The van der Waals surface area contributed by atoms with Gasteiger partial charge in [0.15, 0.2) is 0 Å². The first-order chi connectivity index (χ1) is 11.9. The number of hydrogen-bond acceptors (Lipinski definition) is 3. The molecule has 4 rings (SSSR count). The fraction of sp³-hybridized carbons (Fsp3) is 0.476. The standard InChI is InChI=1S/C21H27N3/c1-2-4-18(5-3-1)20-16-21(20)23-13-6-17-9-14-24(15-10-17)19-7-11-22-12-8-19/h1-5,7-8,11-12,17,20-21,23H,6,9-10,13-16H2/t20-,21+/m0/s1. The van der Waals surface area contributed by atoms with Gasteiger partial charge in [-0.1, -0.05) is 30.3 Å². The van der Waals surface area contributed by atoms with Gasteiger partial charge in [-0.15, -0.1) is 0 Å². The lowest BCUT2D eigenvalue weighted by molar-refractivity contribution is 0.373. The van der Waals surface area contributed by atoms with Crippen LogP contribution >= 0.6 is 0 Å². The van der Waals surface area contributed by atoms with E-state index < -0.39 is 0 Å². The second-order valence-electron chi connectivity index (χ2n) is 7.24. The summed E-state index contributed by atoms with van der Waals surface area (Å²) < 4.78 is 0. The summed E-state index contributed by atoms with van der Waals surface area (Å²) in [6, 6.07) is 15.9. The fourth-order valence-corrected chi connectivity index (χ4v) is 4.00.